The average Bonchev–Trinajstić information content (AvgIpc) is 3.12. The SMILES string of the molecule is CNCCC(=O)Nc1nc(-c2ccc3c(c2)CCC3)cs1. The number of fused-ring (bicyclic) bond motifs is 1. The summed E-state index contributed by atoms with van der Waals surface area (Å²) in [4.78, 5) is 16.2. The second-order valence-electron chi connectivity index (χ2n) is 5.28. The van der Waals surface area contributed by atoms with Crippen LogP contribution in [-0.2, 0) is 17.6 Å². The van der Waals surface area contributed by atoms with Crippen molar-refractivity contribution in [2.75, 3.05) is 18.9 Å². The van der Waals surface area contributed by atoms with Crippen LogP contribution in [0.1, 0.15) is 24.0 Å². The molecule has 0 unspecified atom stereocenters. The molecule has 1 aliphatic carbocycles. The fraction of sp³-hybridized carbons (Fsp3) is 0.375. The third-order valence-electron chi connectivity index (χ3n) is 3.75. The Morgan fingerprint density at radius 3 is 3.05 bits per heavy atom. The number of benzene rings is 1. The highest BCUT2D eigenvalue weighted by molar-refractivity contribution is 7.14. The molecule has 0 atom stereocenters. The summed E-state index contributed by atoms with van der Waals surface area (Å²) < 4.78 is 0. The third-order valence-corrected chi connectivity index (χ3v) is 4.50. The molecule has 0 fully saturated rings. The van der Waals surface area contributed by atoms with Crippen LogP contribution in [0.3, 0.4) is 0 Å². The van der Waals surface area contributed by atoms with Gasteiger partial charge in [0.25, 0.3) is 0 Å². The van der Waals surface area contributed by atoms with Crippen molar-refractivity contribution in [2.45, 2.75) is 25.7 Å². The fourth-order valence-corrected chi connectivity index (χ4v) is 3.35. The summed E-state index contributed by atoms with van der Waals surface area (Å²) in [6.07, 6.45) is 4.08. The molecule has 0 saturated carbocycles. The molecular formula is C16H19N3OS. The van der Waals surface area contributed by atoms with Crippen LogP contribution in [0.15, 0.2) is 23.6 Å². The van der Waals surface area contributed by atoms with Crippen LogP contribution in [0.25, 0.3) is 11.3 Å². The number of hydrogen-bond acceptors (Lipinski definition) is 4. The van der Waals surface area contributed by atoms with Crippen LogP contribution >= 0.6 is 11.3 Å². The van der Waals surface area contributed by atoms with Gasteiger partial charge in [-0.3, -0.25) is 4.79 Å². The molecule has 1 aromatic carbocycles. The smallest absolute Gasteiger partial charge is 0.227 e. The van der Waals surface area contributed by atoms with Crippen molar-refractivity contribution >= 4 is 22.4 Å². The average molecular weight is 301 g/mol. The molecule has 2 aromatic rings. The van der Waals surface area contributed by atoms with Gasteiger partial charge in [0.05, 0.1) is 5.69 Å². The van der Waals surface area contributed by atoms with Crippen molar-refractivity contribution in [1.29, 1.82) is 0 Å². The molecule has 0 radical (unpaired) electrons. The molecule has 0 saturated heterocycles. The Labute approximate surface area is 128 Å². The number of hydrogen-bond donors (Lipinski definition) is 2. The molecule has 21 heavy (non-hydrogen) atoms. The zero-order valence-corrected chi connectivity index (χ0v) is 12.9. The standard InChI is InChI=1S/C16H19N3OS/c1-17-8-7-15(20)19-16-18-14(10-21-16)13-6-5-11-3-2-4-12(11)9-13/h5-6,9-10,17H,2-4,7-8H2,1H3,(H,18,19,20). The van der Waals surface area contributed by atoms with Crippen molar-refractivity contribution < 1.29 is 4.79 Å². The maximum Gasteiger partial charge on any atom is 0.227 e. The monoisotopic (exact) mass is 301 g/mol. The molecule has 110 valence electrons. The second-order valence-corrected chi connectivity index (χ2v) is 6.13. The van der Waals surface area contributed by atoms with Gasteiger partial charge >= 0.3 is 0 Å². The van der Waals surface area contributed by atoms with Gasteiger partial charge in [-0.05, 0) is 43.5 Å². The summed E-state index contributed by atoms with van der Waals surface area (Å²) in [6.45, 7) is 0.675. The molecule has 0 bridgehead atoms. The molecule has 1 amide bonds. The highest BCUT2D eigenvalue weighted by Gasteiger charge is 2.13. The Balaban J connectivity index is 1.71. The summed E-state index contributed by atoms with van der Waals surface area (Å²) in [6, 6.07) is 6.58. The topological polar surface area (TPSA) is 54.0 Å². The highest BCUT2D eigenvalue weighted by atomic mass is 32.1. The van der Waals surface area contributed by atoms with E-state index in [0.29, 0.717) is 18.1 Å². The lowest BCUT2D eigenvalue weighted by Crippen LogP contribution is -2.18. The number of anilines is 1. The van der Waals surface area contributed by atoms with E-state index in [1.807, 2.05) is 12.4 Å². The second kappa shape index (κ2) is 6.37. The van der Waals surface area contributed by atoms with Crippen LogP contribution in [0.2, 0.25) is 0 Å². The lowest BCUT2D eigenvalue weighted by molar-refractivity contribution is -0.116. The molecular weight excluding hydrogens is 282 g/mol. The van der Waals surface area contributed by atoms with E-state index >= 15 is 0 Å². The van der Waals surface area contributed by atoms with Crippen molar-refractivity contribution in [3.05, 3.63) is 34.7 Å². The lowest BCUT2D eigenvalue weighted by atomic mass is 10.1. The maximum absolute atomic E-state index is 11.7. The Bertz CT molecular complexity index is 651. The molecule has 1 heterocycles. The molecule has 1 aliphatic rings. The Kier molecular flexibility index (Phi) is 4.31. The highest BCUT2D eigenvalue weighted by Crippen LogP contribution is 2.30. The van der Waals surface area contributed by atoms with Gasteiger partial charge < -0.3 is 10.6 Å². The molecule has 2 N–H and O–H groups in total. The van der Waals surface area contributed by atoms with Crippen LogP contribution in [0.5, 0.6) is 0 Å². The molecule has 4 nitrogen and oxygen atoms in total. The van der Waals surface area contributed by atoms with Gasteiger partial charge in [-0.15, -0.1) is 11.3 Å². The minimum Gasteiger partial charge on any atom is -0.319 e. The molecule has 1 aromatic heterocycles. The summed E-state index contributed by atoms with van der Waals surface area (Å²) in [5.41, 5.74) is 5.00. The fourth-order valence-electron chi connectivity index (χ4n) is 2.62. The van der Waals surface area contributed by atoms with E-state index in [2.05, 4.69) is 33.8 Å². The number of carbonyl (C=O) groups excluding carboxylic acids is 1. The van der Waals surface area contributed by atoms with Gasteiger partial charge in [0.15, 0.2) is 5.13 Å². The normalized spacial score (nSPS) is 13.2. The number of thiazole rings is 1. The third kappa shape index (κ3) is 3.31. The summed E-state index contributed by atoms with van der Waals surface area (Å²) >= 11 is 1.48. The van der Waals surface area contributed by atoms with E-state index in [-0.39, 0.29) is 5.91 Å². The first-order valence-electron chi connectivity index (χ1n) is 7.28. The van der Waals surface area contributed by atoms with Crippen LogP contribution in [-0.4, -0.2) is 24.5 Å². The van der Waals surface area contributed by atoms with E-state index < -0.39 is 0 Å². The largest absolute Gasteiger partial charge is 0.319 e. The van der Waals surface area contributed by atoms with Gasteiger partial charge in [-0.25, -0.2) is 4.98 Å². The van der Waals surface area contributed by atoms with Gasteiger partial charge in [-0.2, -0.15) is 0 Å². The van der Waals surface area contributed by atoms with E-state index in [1.165, 1.54) is 41.7 Å². The molecule has 5 heteroatoms. The van der Waals surface area contributed by atoms with Crippen LogP contribution < -0.4 is 10.6 Å². The number of nitrogens with zero attached hydrogens (tertiary/aromatic N) is 1. The van der Waals surface area contributed by atoms with Crippen LogP contribution in [0.4, 0.5) is 5.13 Å². The quantitative estimate of drug-likeness (QED) is 0.893. The van der Waals surface area contributed by atoms with Gasteiger partial charge in [0.2, 0.25) is 5.91 Å². The van der Waals surface area contributed by atoms with Crippen molar-refractivity contribution in [3.63, 3.8) is 0 Å². The Hall–Kier alpha value is -1.72. The number of amides is 1. The number of carbonyl (C=O) groups is 1. The zero-order valence-electron chi connectivity index (χ0n) is 12.1. The summed E-state index contributed by atoms with van der Waals surface area (Å²) in [5, 5.41) is 8.49. The van der Waals surface area contributed by atoms with Crippen molar-refractivity contribution in [2.24, 2.45) is 0 Å². The zero-order chi connectivity index (χ0) is 14.7. The van der Waals surface area contributed by atoms with Crippen molar-refractivity contribution in [1.82, 2.24) is 10.3 Å². The minimum absolute atomic E-state index is 0.000738. The number of aromatic nitrogens is 1. The van der Waals surface area contributed by atoms with Gasteiger partial charge in [0.1, 0.15) is 0 Å². The Morgan fingerprint density at radius 1 is 1.33 bits per heavy atom. The van der Waals surface area contributed by atoms with E-state index in [0.717, 1.165) is 11.3 Å². The van der Waals surface area contributed by atoms with E-state index in [9.17, 15) is 4.79 Å². The van der Waals surface area contributed by atoms with Crippen LogP contribution in [0, 0.1) is 0 Å². The summed E-state index contributed by atoms with van der Waals surface area (Å²) in [7, 11) is 1.84. The van der Waals surface area contributed by atoms with Crippen molar-refractivity contribution in [3.8, 4) is 11.3 Å². The predicted octanol–water partition coefficient (Wildman–Crippen LogP) is 2.85. The first kappa shape index (κ1) is 14.2. The number of aryl methyl sites for hydroxylation is 2. The first-order valence-corrected chi connectivity index (χ1v) is 8.16. The lowest BCUT2D eigenvalue weighted by Gasteiger charge is -2.02. The van der Waals surface area contributed by atoms with Gasteiger partial charge in [0, 0.05) is 23.9 Å². The Morgan fingerprint density at radius 2 is 2.19 bits per heavy atom. The molecule has 0 spiro atoms. The predicted molar refractivity (Wildman–Crippen MR) is 86.7 cm³/mol. The molecule has 3 rings (SSSR count). The minimum atomic E-state index is -0.000738. The summed E-state index contributed by atoms with van der Waals surface area (Å²) in [5.74, 6) is -0.000738. The van der Waals surface area contributed by atoms with E-state index in [1.54, 1.807) is 0 Å². The number of rotatable bonds is 5. The first-order chi connectivity index (χ1) is 10.3. The molecule has 0 aliphatic heterocycles. The maximum atomic E-state index is 11.7. The number of nitrogens with one attached hydrogen (secondary N) is 2. The van der Waals surface area contributed by atoms with Gasteiger partial charge in [-0.1, -0.05) is 12.1 Å². The van der Waals surface area contributed by atoms with E-state index in [4.69, 9.17) is 0 Å².